The molecule has 4 nitrogen and oxygen atoms in total. The van der Waals surface area contributed by atoms with Gasteiger partial charge in [0, 0.05) is 11.6 Å². The molecule has 0 amide bonds. The first-order valence-electron chi connectivity index (χ1n) is 9.01. The number of hydrogen-bond acceptors (Lipinski definition) is 4. The van der Waals surface area contributed by atoms with Crippen molar-refractivity contribution in [2.24, 2.45) is 0 Å². The summed E-state index contributed by atoms with van der Waals surface area (Å²) in [5.41, 5.74) is 1.61. The average molecular weight is 362 g/mol. The molecule has 0 atom stereocenters. The standard InChI is InChI=1S/C23H22O4/c1-2-3-9-17-14-20(25)22(15-19(17)24)27-21-13-8-7-12-18(21)23(26)16-10-5-4-6-11-16/h4-8,10-15,24-25H,2-3,9H2,1H3. The van der Waals surface area contributed by atoms with Crippen LogP contribution >= 0.6 is 0 Å². The van der Waals surface area contributed by atoms with Crippen molar-refractivity contribution in [3.63, 3.8) is 0 Å². The lowest BCUT2D eigenvalue weighted by Gasteiger charge is -2.13. The third-order valence-corrected chi connectivity index (χ3v) is 4.35. The Labute approximate surface area is 158 Å². The van der Waals surface area contributed by atoms with E-state index < -0.39 is 0 Å². The van der Waals surface area contributed by atoms with Gasteiger partial charge in [-0.3, -0.25) is 4.79 Å². The molecule has 0 saturated heterocycles. The predicted octanol–water partition coefficient (Wildman–Crippen LogP) is 5.46. The number of carbonyl (C=O) groups is 1. The van der Waals surface area contributed by atoms with Crippen LogP contribution in [0, 0.1) is 0 Å². The van der Waals surface area contributed by atoms with Crippen molar-refractivity contribution in [3.05, 3.63) is 83.4 Å². The minimum atomic E-state index is -0.172. The number of unbranched alkanes of at least 4 members (excludes halogenated alkanes) is 1. The monoisotopic (exact) mass is 362 g/mol. The van der Waals surface area contributed by atoms with E-state index in [-0.39, 0.29) is 23.0 Å². The van der Waals surface area contributed by atoms with Gasteiger partial charge in [0.15, 0.2) is 17.3 Å². The first-order valence-corrected chi connectivity index (χ1v) is 9.01. The van der Waals surface area contributed by atoms with Crippen LogP contribution in [0.5, 0.6) is 23.0 Å². The number of para-hydroxylation sites is 1. The smallest absolute Gasteiger partial charge is 0.196 e. The molecule has 2 N–H and O–H groups in total. The largest absolute Gasteiger partial charge is 0.508 e. The van der Waals surface area contributed by atoms with Gasteiger partial charge in [0.2, 0.25) is 0 Å². The fourth-order valence-corrected chi connectivity index (χ4v) is 2.86. The van der Waals surface area contributed by atoms with Crippen LogP contribution in [0.25, 0.3) is 0 Å². The van der Waals surface area contributed by atoms with E-state index in [0.29, 0.717) is 28.9 Å². The summed E-state index contributed by atoms with van der Waals surface area (Å²) in [4.78, 5) is 12.8. The van der Waals surface area contributed by atoms with E-state index >= 15 is 0 Å². The number of phenols is 2. The maximum Gasteiger partial charge on any atom is 0.196 e. The molecule has 0 bridgehead atoms. The molecule has 138 valence electrons. The number of ketones is 1. The first kappa shape index (κ1) is 18.5. The molecule has 3 aromatic carbocycles. The average Bonchev–Trinajstić information content (AvgIpc) is 2.70. The van der Waals surface area contributed by atoms with Gasteiger partial charge in [0.05, 0.1) is 5.56 Å². The van der Waals surface area contributed by atoms with Crippen LogP contribution in [-0.4, -0.2) is 16.0 Å². The molecule has 0 aliphatic carbocycles. The fourth-order valence-electron chi connectivity index (χ4n) is 2.86. The van der Waals surface area contributed by atoms with Gasteiger partial charge in [-0.05, 0) is 36.6 Å². The van der Waals surface area contributed by atoms with Crippen LogP contribution in [0.2, 0.25) is 0 Å². The molecule has 0 unspecified atom stereocenters. The first-order chi connectivity index (χ1) is 13.1. The Morgan fingerprint density at radius 3 is 2.33 bits per heavy atom. The molecule has 3 aromatic rings. The van der Waals surface area contributed by atoms with Crippen LogP contribution in [0.3, 0.4) is 0 Å². The number of carbonyl (C=O) groups excluding carboxylic acids is 1. The van der Waals surface area contributed by atoms with Crippen molar-refractivity contribution in [2.75, 3.05) is 0 Å². The van der Waals surface area contributed by atoms with Crippen molar-refractivity contribution in [1.29, 1.82) is 0 Å². The molecule has 0 aliphatic rings. The van der Waals surface area contributed by atoms with Gasteiger partial charge >= 0.3 is 0 Å². The topological polar surface area (TPSA) is 66.8 Å². The SMILES string of the molecule is CCCCc1cc(O)c(Oc2ccccc2C(=O)c2ccccc2)cc1O. The van der Waals surface area contributed by atoms with E-state index in [1.165, 1.54) is 12.1 Å². The van der Waals surface area contributed by atoms with Crippen LogP contribution in [0.1, 0.15) is 41.3 Å². The number of hydrogen-bond donors (Lipinski definition) is 2. The zero-order valence-corrected chi connectivity index (χ0v) is 15.2. The Hall–Kier alpha value is -3.27. The third kappa shape index (κ3) is 4.29. The molecule has 0 spiro atoms. The highest BCUT2D eigenvalue weighted by Gasteiger charge is 2.17. The number of ether oxygens (including phenoxy) is 1. The second-order valence-corrected chi connectivity index (χ2v) is 6.35. The molecule has 4 heteroatoms. The zero-order valence-electron chi connectivity index (χ0n) is 15.2. The molecule has 3 rings (SSSR count). The summed E-state index contributed by atoms with van der Waals surface area (Å²) in [6.45, 7) is 2.06. The highest BCUT2D eigenvalue weighted by molar-refractivity contribution is 6.10. The maximum atomic E-state index is 12.8. The number of benzene rings is 3. The summed E-state index contributed by atoms with van der Waals surface area (Å²) in [5.74, 6) is 0.266. The fraction of sp³-hybridized carbons (Fsp3) is 0.174. The zero-order chi connectivity index (χ0) is 19.2. The summed E-state index contributed by atoms with van der Waals surface area (Å²) in [5, 5.41) is 20.5. The lowest BCUT2D eigenvalue weighted by molar-refractivity contribution is 0.103. The number of phenolic OH excluding ortho intramolecular Hbond substituents is 2. The minimum Gasteiger partial charge on any atom is -0.508 e. The molecule has 0 aliphatic heterocycles. The third-order valence-electron chi connectivity index (χ3n) is 4.35. The van der Waals surface area contributed by atoms with Gasteiger partial charge < -0.3 is 14.9 Å². The Morgan fingerprint density at radius 2 is 1.59 bits per heavy atom. The van der Waals surface area contributed by atoms with E-state index in [4.69, 9.17) is 4.74 Å². The van der Waals surface area contributed by atoms with Gasteiger partial charge in [-0.15, -0.1) is 0 Å². The molecular weight excluding hydrogens is 340 g/mol. The van der Waals surface area contributed by atoms with E-state index in [9.17, 15) is 15.0 Å². The maximum absolute atomic E-state index is 12.8. The number of aromatic hydroxyl groups is 2. The van der Waals surface area contributed by atoms with E-state index in [1.54, 1.807) is 48.5 Å². The van der Waals surface area contributed by atoms with Crippen molar-refractivity contribution in [1.82, 2.24) is 0 Å². The van der Waals surface area contributed by atoms with Crippen molar-refractivity contribution in [2.45, 2.75) is 26.2 Å². The molecule has 0 saturated carbocycles. The lowest BCUT2D eigenvalue weighted by atomic mass is 10.0. The molecule has 0 radical (unpaired) electrons. The minimum absolute atomic E-state index is 0.0686. The van der Waals surface area contributed by atoms with Crippen molar-refractivity contribution < 1.29 is 19.7 Å². The van der Waals surface area contributed by atoms with Crippen LogP contribution in [0.4, 0.5) is 0 Å². The Balaban J connectivity index is 1.91. The van der Waals surface area contributed by atoms with Crippen molar-refractivity contribution in [3.8, 4) is 23.0 Å². The predicted molar refractivity (Wildman–Crippen MR) is 105 cm³/mol. The second kappa shape index (κ2) is 8.41. The summed E-state index contributed by atoms with van der Waals surface area (Å²) in [7, 11) is 0. The van der Waals surface area contributed by atoms with Gasteiger partial charge in [-0.25, -0.2) is 0 Å². The summed E-state index contributed by atoms with van der Waals surface area (Å²) >= 11 is 0. The quantitative estimate of drug-likeness (QED) is 0.432. The summed E-state index contributed by atoms with van der Waals surface area (Å²) in [6, 6.07) is 18.7. The second-order valence-electron chi connectivity index (χ2n) is 6.35. The highest BCUT2D eigenvalue weighted by Crippen LogP contribution is 2.38. The molecular formula is C23H22O4. The van der Waals surface area contributed by atoms with Gasteiger partial charge in [0.25, 0.3) is 0 Å². The van der Waals surface area contributed by atoms with Gasteiger partial charge in [-0.2, -0.15) is 0 Å². The molecule has 27 heavy (non-hydrogen) atoms. The van der Waals surface area contributed by atoms with Crippen LogP contribution < -0.4 is 4.74 Å². The molecule has 0 heterocycles. The molecule has 0 fully saturated rings. The number of aryl methyl sites for hydroxylation is 1. The van der Waals surface area contributed by atoms with Crippen LogP contribution in [-0.2, 0) is 6.42 Å². The highest BCUT2D eigenvalue weighted by atomic mass is 16.5. The molecule has 0 aromatic heterocycles. The Bertz CT molecular complexity index is 932. The Morgan fingerprint density at radius 1 is 0.889 bits per heavy atom. The van der Waals surface area contributed by atoms with Crippen molar-refractivity contribution >= 4 is 5.78 Å². The summed E-state index contributed by atoms with van der Waals surface area (Å²) < 4.78 is 5.79. The van der Waals surface area contributed by atoms with Gasteiger partial charge in [-0.1, -0.05) is 55.8 Å². The normalized spacial score (nSPS) is 10.6. The van der Waals surface area contributed by atoms with E-state index in [0.717, 1.165) is 12.8 Å². The number of rotatable bonds is 7. The van der Waals surface area contributed by atoms with Crippen LogP contribution in [0.15, 0.2) is 66.7 Å². The van der Waals surface area contributed by atoms with E-state index in [2.05, 4.69) is 6.92 Å². The Kier molecular flexibility index (Phi) is 5.77. The lowest BCUT2D eigenvalue weighted by Crippen LogP contribution is -2.03. The van der Waals surface area contributed by atoms with Gasteiger partial charge in [0.1, 0.15) is 11.5 Å². The van der Waals surface area contributed by atoms with E-state index in [1.807, 2.05) is 6.07 Å². The summed E-state index contributed by atoms with van der Waals surface area (Å²) in [6.07, 6.45) is 2.59.